The average molecular weight is 225 g/mol. The van der Waals surface area contributed by atoms with Gasteiger partial charge in [-0.1, -0.05) is 6.92 Å². The van der Waals surface area contributed by atoms with Crippen LogP contribution in [0.15, 0.2) is 12.4 Å². The topological polar surface area (TPSA) is 29.9 Å². The Hall–Kier alpha value is -0.900. The molecule has 0 radical (unpaired) electrons. The summed E-state index contributed by atoms with van der Waals surface area (Å²) in [6.07, 6.45) is 6.66. The zero-order valence-corrected chi connectivity index (χ0v) is 9.88. The Labute approximate surface area is 96.0 Å². The van der Waals surface area contributed by atoms with E-state index < -0.39 is 5.67 Å². The summed E-state index contributed by atoms with van der Waals surface area (Å²) in [4.78, 5) is 0. The third-order valence-electron chi connectivity index (χ3n) is 3.23. The Kier molecular flexibility index (Phi) is 3.59. The lowest BCUT2D eigenvalue weighted by atomic mass is 9.91. The third kappa shape index (κ3) is 2.43. The first-order valence-electron chi connectivity index (χ1n) is 6.17. The number of aromatic nitrogens is 2. The predicted molar refractivity (Wildman–Crippen MR) is 62.0 cm³/mol. The van der Waals surface area contributed by atoms with Crippen molar-refractivity contribution in [3.8, 4) is 0 Å². The number of nitrogens with zero attached hydrogens (tertiary/aromatic N) is 2. The molecule has 2 heterocycles. The predicted octanol–water partition coefficient (Wildman–Crippen LogP) is 2.23. The van der Waals surface area contributed by atoms with E-state index in [1.807, 2.05) is 10.9 Å². The molecule has 1 atom stereocenters. The summed E-state index contributed by atoms with van der Waals surface area (Å²) in [5, 5.41) is 7.45. The molecule has 1 unspecified atom stereocenters. The van der Waals surface area contributed by atoms with Crippen LogP contribution in [0.25, 0.3) is 0 Å². The van der Waals surface area contributed by atoms with Gasteiger partial charge in [-0.15, -0.1) is 0 Å². The summed E-state index contributed by atoms with van der Waals surface area (Å²) in [5.41, 5.74) is -0.417. The van der Waals surface area contributed by atoms with Crippen LogP contribution in [-0.4, -0.2) is 22.9 Å². The molecule has 2 rings (SSSR count). The fourth-order valence-corrected chi connectivity index (χ4v) is 2.27. The van der Waals surface area contributed by atoms with Crippen molar-refractivity contribution in [2.75, 3.05) is 13.1 Å². The summed E-state index contributed by atoms with van der Waals surface area (Å²) < 4.78 is 16.6. The highest BCUT2D eigenvalue weighted by atomic mass is 19.1. The van der Waals surface area contributed by atoms with Crippen molar-refractivity contribution in [1.82, 2.24) is 15.1 Å². The van der Waals surface area contributed by atoms with Gasteiger partial charge in [0.05, 0.1) is 6.20 Å². The standard InChI is InChI=1S/C12H20FN3/c1-2-8-16-10-11(9-15-16)12(13)4-3-6-14-7-5-12/h9-10,14H,2-8H2,1H3. The summed E-state index contributed by atoms with van der Waals surface area (Å²) in [7, 11) is 0. The molecule has 3 nitrogen and oxygen atoms in total. The van der Waals surface area contributed by atoms with E-state index in [1.165, 1.54) is 0 Å². The lowest BCUT2D eigenvalue weighted by molar-refractivity contribution is 0.145. The van der Waals surface area contributed by atoms with Gasteiger partial charge in [-0.25, -0.2) is 4.39 Å². The van der Waals surface area contributed by atoms with E-state index in [4.69, 9.17) is 0 Å². The molecule has 0 saturated carbocycles. The molecule has 1 aliphatic heterocycles. The Balaban J connectivity index is 2.13. The van der Waals surface area contributed by atoms with Gasteiger partial charge < -0.3 is 5.32 Å². The van der Waals surface area contributed by atoms with Gasteiger partial charge in [0.1, 0.15) is 5.67 Å². The zero-order valence-electron chi connectivity index (χ0n) is 9.88. The summed E-state index contributed by atoms with van der Waals surface area (Å²) in [5.74, 6) is 0. The quantitative estimate of drug-likeness (QED) is 0.855. The fourth-order valence-electron chi connectivity index (χ4n) is 2.27. The molecule has 0 bridgehead atoms. The van der Waals surface area contributed by atoms with Gasteiger partial charge in [0, 0.05) is 18.3 Å². The zero-order chi connectivity index (χ0) is 11.4. The van der Waals surface area contributed by atoms with E-state index in [0.717, 1.165) is 38.0 Å². The molecule has 4 heteroatoms. The molecule has 0 aliphatic carbocycles. The molecule has 0 amide bonds. The molecular weight excluding hydrogens is 205 g/mol. The monoisotopic (exact) mass is 225 g/mol. The van der Waals surface area contributed by atoms with Gasteiger partial charge in [-0.2, -0.15) is 5.10 Å². The number of halogens is 1. The highest BCUT2D eigenvalue weighted by molar-refractivity contribution is 5.16. The van der Waals surface area contributed by atoms with Crippen molar-refractivity contribution in [2.45, 2.75) is 44.8 Å². The van der Waals surface area contributed by atoms with Crippen molar-refractivity contribution >= 4 is 0 Å². The largest absolute Gasteiger partial charge is 0.317 e. The van der Waals surface area contributed by atoms with Gasteiger partial charge >= 0.3 is 0 Å². The second kappa shape index (κ2) is 4.95. The second-order valence-corrected chi connectivity index (χ2v) is 4.56. The molecule has 16 heavy (non-hydrogen) atoms. The third-order valence-corrected chi connectivity index (χ3v) is 3.23. The van der Waals surface area contributed by atoms with Gasteiger partial charge in [0.2, 0.25) is 0 Å². The minimum Gasteiger partial charge on any atom is -0.317 e. The molecule has 1 fully saturated rings. The molecule has 1 aromatic heterocycles. The number of rotatable bonds is 3. The van der Waals surface area contributed by atoms with Crippen LogP contribution in [0.4, 0.5) is 4.39 Å². The number of hydrogen-bond acceptors (Lipinski definition) is 2. The maximum absolute atomic E-state index is 14.7. The number of aryl methyl sites for hydroxylation is 1. The van der Waals surface area contributed by atoms with Gasteiger partial charge in [-0.3, -0.25) is 4.68 Å². The van der Waals surface area contributed by atoms with E-state index in [2.05, 4.69) is 17.3 Å². The van der Waals surface area contributed by atoms with Crippen LogP contribution in [0, 0.1) is 0 Å². The van der Waals surface area contributed by atoms with E-state index in [-0.39, 0.29) is 0 Å². The first kappa shape index (κ1) is 11.6. The molecule has 0 aromatic carbocycles. The normalized spacial score (nSPS) is 26.6. The average Bonchev–Trinajstić information content (AvgIpc) is 2.63. The number of hydrogen-bond donors (Lipinski definition) is 1. The van der Waals surface area contributed by atoms with Crippen molar-refractivity contribution in [3.63, 3.8) is 0 Å². The van der Waals surface area contributed by atoms with E-state index in [1.54, 1.807) is 6.20 Å². The smallest absolute Gasteiger partial charge is 0.140 e. The molecular formula is C12H20FN3. The van der Waals surface area contributed by atoms with Gasteiger partial charge in [0.15, 0.2) is 0 Å². The first-order chi connectivity index (χ1) is 7.74. The molecule has 1 N–H and O–H groups in total. The van der Waals surface area contributed by atoms with Crippen molar-refractivity contribution in [1.29, 1.82) is 0 Å². The van der Waals surface area contributed by atoms with E-state index in [0.29, 0.717) is 12.8 Å². The Morgan fingerprint density at radius 1 is 1.50 bits per heavy atom. The summed E-state index contributed by atoms with van der Waals surface area (Å²) in [6, 6.07) is 0. The first-order valence-corrected chi connectivity index (χ1v) is 6.17. The highest BCUT2D eigenvalue weighted by Gasteiger charge is 2.33. The van der Waals surface area contributed by atoms with Crippen LogP contribution in [0.2, 0.25) is 0 Å². The molecule has 1 aliphatic rings. The summed E-state index contributed by atoms with van der Waals surface area (Å²) >= 11 is 0. The maximum Gasteiger partial charge on any atom is 0.140 e. The van der Waals surface area contributed by atoms with Crippen LogP contribution in [0.5, 0.6) is 0 Å². The molecule has 90 valence electrons. The Morgan fingerprint density at radius 2 is 2.38 bits per heavy atom. The lowest BCUT2D eigenvalue weighted by Crippen LogP contribution is -2.21. The minimum absolute atomic E-state index is 0.560. The number of alkyl halides is 1. The van der Waals surface area contributed by atoms with Gasteiger partial charge in [0.25, 0.3) is 0 Å². The van der Waals surface area contributed by atoms with Crippen LogP contribution in [0.1, 0.15) is 38.2 Å². The summed E-state index contributed by atoms with van der Waals surface area (Å²) in [6.45, 7) is 4.65. The molecule has 0 spiro atoms. The van der Waals surface area contributed by atoms with Crippen LogP contribution >= 0.6 is 0 Å². The van der Waals surface area contributed by atoms with E-state index >= 15 is 0 Å². The second-order valence-electron chi connectivity index (χ2n) is 4.56. The minimum atomic E-state index is -1.17. The van der Waals surface area contributed by atoms with Crippen LogP contribution < -0.4 is 5.32 Å². The molecule has 1 aromatic rings. The Bertz CT molecular complexity index is 327. The van der Waals surface area contributed by atoms with Crippen molar-refractivity contribution < 1.29 is 4.39 Å². The van der Waals surface area contributed by atoms with E-state index in [9.17, 15) is 4.39 Å². The van der Waals surface area contributed by atoms with Crippen LogP contribution in [-0.2, 0) is 12.2 Å². The van der Waals surface area contributed by atoms with Gasteiger partial charge in [-0.05, 0) is 38.8 Å². The maximum atomic E-state index is 14.7. The number of nitrogens with one attached hydrogen (secondary N) is 1. The van der Waals surface area contributed by atoms with Crippen LogP contribution in [0.3, 0.4) is 0 Å². The van der Waals surface area contributed by atoms with Crippen molar-refractivity contribution in [2.24, 2.45) is 0 Å². The SMILES string of the molecule is CCCn1cc(C2(F)CCCNCC2)cn1. The highest BCUT2D eigenvalue weighted by Crippen LogP contribution is 2.35. The lowest BCUT2D eigenvalue weighted by Gasteiger charge is -2.21. The molecule has 1 saturated heterocycles. The Morgan fingerprint density at radius 3 is 3.19 bits per heavy atom. The fraction of sp³-hybridized carbons (Fsp3) is 0.750. The van der Waals surface area contributed by atoms with Crippen molar-refractivity contribution in [3.05, 3.63) is 18.0 Å².